The van der Waals surface area contributed by atoms with E-state index in [1.807, 2.05) is 24.3 Å². The molecule has 0 radical (unpaired) electrons. The molecule has 25 heavy (non-hydrogen) atoms. The topological polar surface area (TPSA) is 44.8 Å². The van der Waals surface area contributed by atoms with Crippen molar-refractivity contribution in [3.63, 3.8) is 0 Å². The number of nitrogens with one attached hydrogen (secondary N) is 1. The summed E-state index contributed by atoms with van der Waals surface area (Å²) in [6.07, 6.45) is 1.01. The van der Waals surface area contributed by atoms with Crippen molar-refractivity contribution in [2.75, 3.05) is 30.9 Å². The van der Waals surface area contributed by atoms with Crippen molar-refractivity contribution in [1.82, 2.24) is 4.90 Å². The average Bonchev–Trinajstić information content (AvgIpc) is 3.01. The van der Waals surface area contributed by atoms with Gasteiger partial charge in [0, 0.05) is 30.4 Å². The van der Waals surface area contributed by atoms with E-state index >= 15 is 0 Å². The largest absolute Gasteiger partial charge is 0.417 e. The first-order chi connectivity index (χ1) is 12.0. The van der Waals surface area contributed by atoms with Crippen molar-refractivity contribution in [2.24, 2.45) is 0 Å². The minimum atomic E-state index is -0.470. The fourth-order valence-electron chi connectivity index (χ4n) is 4.39. The molecule has 2 aliphatic rings. The first-order valence-corrected chi connectivity index (χ1v) is 8.60. The van der Waals surface area contributed by atoms with Crippen molar-refractivity contribution < 1.29 is 9.53 Å². The van der Waals surface area contributed by atoms with E-state index in [1.165, 1.54) is 11.3 Å². The number of rotatable bonds is 2. The molecule has 2 unspecified atom stereocenters. The highest BCUT2D eigenvalue weighted by molar-refractivity contribution is 5.87. The van der Waals surface area contributed by atoms with E-state index in [2.05, 4.69) is 48.3 Å². The van der Waals surface area contributed by atoms with E-state index in [1.54, 1.807) is 12.1 Å². The van der Waals surface area contributed by atoms with Crippen LogP contribution in [0.5, 0.6) is 5.75 Å². The number of benzene rings is 2. The Bertz CT molecular complexity index is 808. The van der Waals surface area contributed by atoms with Crippen LogP contribution in [0, 0.1) is 0 Å². The van der Waals surface area contributed by atoms with Gasteiger partial charge in [0.05, 0.1) is 6.17 Å². The van der Waals surface area contributed by atoms with Crippen LogP contribution in [-0.2, 0) is 5.41 Å². The SMILES string of the molecule is CN1CCC2(C)c3cc(NC(=O)Oc4ccccc4)ccc3N(C)C12. The number of ether oxygens (including phenoxy) is 1. The summed E-state index contributed by atoms with van der Waals surface area (Å²) in [5.74, 6) is 0.533. The number of likely N-dealkylation sites (N-methyl/N-ethyl adjacent to an activating group) is 2. The van der Waals surface area contributed by atoms with Gasteiger partial charge >= 0.3 is 6.09 Å². The van der Waals surface area contributed by atoms with Crippen molar-refractivity contribution in [3.05, 3.63) is 54.1 Å². The first kappa shape index (κ1) is 16.0. The second-order valence-electron chi connectivity index (χ2n) is 7.19. The number of carbonyl (C=O) groups is 1. The number of para-hydroxylation sites is 1. The molecule has 2 aromatic rings. The normalized spacial score (nSPS) is 24.8. The Morgan fingerprint density at radius 2 is 1.96 bits per heavy atom. The van der Waals surface area contributed by atoms with Gasteiger partial charge in [-0.1, -0.05) is 25.1 Å². The molecule has 2 aromatic carbocycles. The van der Waals surface area contributed by atoms with Crippen LogP contribution in [0.25, 0.3) is 0 Å². The molecule has 0 spiro atoms. The van der Waals surface area contributed by atoms with Gasteiger partial charge in [0.2, 0.25) is 0 Å². The molecule has 5 nitrogen and oxygen atoms in total. The highest BCUT2D eigenvalue weighted by Crippen LogP contribution is 2.51. The van der Waals surface area contributed by atoms with Crippen LogP contribution >= 0.6 is 0 Å². The summed E-state index contributed by atoms with van der Waals surface area (Å²) in [6, 6.07) is 15.2. The van der Waals surface area contributed by atoms with Crippen molar-refractivity contribution in [1.29, 1.82) is 0 Å². The molecule has 0 bridgehead atoms. The third-order valence-electron chi connectivity index (χ3n) is 5.53. The maximum atomic E-state index is 12.2. The van der Waals surface area contributed by atoms with E-state index in [-0.39, 0.29) is 5.41 Å². The van der Waals surface area contributed by atoms with Gasteiger partial charge in [-0.25, -0.2) is 4.79 Å². The Morgan fingerprint density at radius 1 is 1.20 bits per heavy atom. The van der Waals surface area contributed by atoms with Gasteiger partial charge in [-0.15, -0.1) is 0 Å². The third-order valence-corrected chi connectivity index (χ3v) is 5.53. The smallest absolute Gasteiger partial charge is 0.410 e. The molecule has 0 saturated carbocycles. The predicted octanol–water partition coefficient (Wildman–Crippen LogP) is 3.67. The maximum absolute atomic E-state index is 12.2. The highest BCUT2D eigenvalue weighted by atomic mass is 16.6. The molecule has 1 amide bonds. The first-order valence-electron chi connectivity index (χ1n) is 8.60. The molecular weight excluding hydrogens is 314 g/mol. The van der Waals surface area contributed by atoms with Crippen LogP contribution < -0.4 is 15.0 Å². The highest BCUT2D eigenvalue weighted by Gasteiger charge is 2.52. The summed E-state index contributed by atoms with van der Waals surface area (Å²) >= 11 is 0. The van der Waals surface area contributed by atoms with Crippen molar-refractivity contribution in [3.8, 4) is 5.75 Å². The lowest BCUT2D eigenvalue weighted by Gasteiger charge is -2.32. The number of anilines is 2. The van der Waals surface area contributed by atoms with Crippen LogP contribution in [-0.4, -0.2) is 37.8 Å². The lowest BCUT2D eigenvalue weighted by atomic mass is 9.81. The number of carbonyl (C=O) groups excluding carboxylic acids is 1. The van der Waals surface area contributed by atoms with Gasteiger partial charge in [0.1, 0.15) is 5.75 Å². The Labute approximate surface area is 148 Å². The van der Waals surface area contributed by atoms with Gasteiger partial charge in [-0.2, -0.15) is 0 Å². The number of hydrogen-bond donors (Lipinski definition) is 1. The molecule has 0 aromatic heterocycles. The Balaban J connectivity index is 1.56. The Hall–Kier alpha value is -2.53. The fraction of sp³-hybridized carbons (Fsp3) is 0.350. The van der Waals surface area contributed by atoms with E-state index in [4.69, 9.17) is 4.74 Å². The second kappa shape index (κ2) is 5.77. The number of hydrogen-bond acceptors (Lipinski definition) is 4. The summed E-state index contributed by atoms with van der Waals surface area (Å²) in [7, 11) is 4.32. The Morgan fingerprint density at radius 3 is 2.72 bits per heavy atom. The molecule has 4 rings (SSSR count). The van der Waals surface area contributed by atoms with Crippen LogP contribution in [0.3, 0.4) is 0 Å². The van der Waals surface area contributed by atoms with Gasteiger partial charge in [-0.3, -0.25) is 10.2 Å². The monoisotopic (exact) mass is 337 g/mol. The molecule has 1 N–H and O–H groups in total. The number of likely N-dealkylation sites (tertiary alicyclic amines) is 1. The van der Waals surface area contributed by atoms with Crippen LogP contribution in [0.2, 0.25) is 0 Å². The lowest BCUT2D eigenvalue weighted by Crippen LogP contribution is -2.45. The van der Waals surface area contributed by atoms with E-state index in [0.717, 1.165) is 18.7 Å². The zero-order valence-electron chi connectivity index (χ0n) is 14.8. The summed E-state index contributed by atoms with van der Waals surface area (Å²) in [6.45, 7) is 3.40. The molecule has 2 atom stereocenters. The van der Waals surface area contributed by atoms with Crippen LogP contribution in [0.4, 0.5) is 16.2 Å². The molecule has 0 aliphatic carbocycles. The van der Waals surface area contributed by atoms with Gasteiger partial charge in [0.25, 0.3) is 0 Å². The molecule has 2 aliphatic heterocycles. The number of nitrogens with zero attached hydrogens (tertiary/aromatic N) is 2. The van der Waals surface area contributed by atoms with Crippen molar-refractivity contribution in [2.45, 2.75) is 24.9 Å². The zero-order valence-corrected chi connectivity index (χ0v) is 14.8. The van der Waals surface area contributed by atoms with Gasteiger partial charge in [0.15, 0.2) is 0 Å². The average molecular weight is 337 g/mol. The molecule has 1 saturated heterocycles. The molecular formula is C20H23N3O2. The van der Waals surface area contributed by atoms with Crippen LogP contribution in [0.15, 0.2) is 48.5 Å². The minimum absolute atomic E-state index is 0.0832. The van der Waals surface area contributed by atoms with Crippen LogP contribution in [0.1, 0.15) is 18.9 Å². The molecule has 1 fully saturated rings. The lowest BCUT2D eigenvalue weighted by molar-refractivity contribution is 0.215. The predicted molar refractivity (Wildman–Crippen MR) is 99.3 cm³/mol. The summed E-state index contributed by atoms with van der Waals surface area (Å²) < 4.78 is 5.32. The molecule has 130 valence electrons. The fourth-order valence-corrected chi connectivity index (χ4v) is 4.39. The third kappa shape index (κ3) is 2.55. The maximum Gasteiger partial charge on any atom is 0.417 e. The summed E-state index contributed by atoms with van der Waals surface area (Å²) in [5, 5.41) is 2.85. The van der Waals surface area contributed by atoms with Gasteiger partial charge < -0.3 is 9.64 Å². The summed E-state index contributed by atoms with van der Waals surface area (Å²) in [4.78, 5) is 16.9. The van der Waals surface area contributed by atoms with E-state index in [9.17, 15) is 4.79 Å². The second-order valence-corrected chi connectivity index (χ2v) is 7.19. The standard InChI is InChI=1S/C20H23N3O2/c1-20-11-12-22(2)18(20)23(3)17-10-9-14(13-16(17)20)21-19(24)25-15-7-5-4-6-8-15/h4-10,13,18H,11-12H2,1-3H3,(H,21,24). The van der Waals surface area contributed by atoms with Crippen molar-refractivity contribution >= 4 is 17.5 Å². The molecule has 2 heterocycles. The van der Waals surface area contributed by atoms with E-state index in [0.29, 0.717) is 11.9 Å². The number of amides is 1. The van der Waals surface area contributed by atoms with E-state index < -0.39 is 6.09 Å². The number of fused-ring (bicyclic) bond motifs is 3. The van der Waals surface area contributed by atoms with Gasteiger partial charge in [-0.05, 0) is 49.4 Å². The minimum Gasteiger partial charge on any atom is -0.410 e. The molecule has 5 heteroatoms. The zero-order chi connectivity index (χ0) is 17.6. The summed E-state index contributed by atoms with van der Waals surface area (Å²) in [5.41, 5.74) is 3.38. The Kier molecular flexibility index (Phi) is 3.69. The quantitative estimate of drug-likeness (QED) is 0.908.